The molecule has 2 aromatic heterocycles. The second kappa shape index (κ2) is 7.27. The third kappa shape index (κ3) is 3.39. The summed E-state index contributed by atoms with van der Waals surface area (Å²) in [4.78, 5) is 11.3. The van der Waals surface area contributed by atoms with Gasteiger partial charge < -0.3 is 14.2 Å². The van der Waals surface area contributed by atoms with Crippen molar-refractivity contribution in [1.82, 2.24) is 9.97 Å². The van der Waals surface area contributed by atoms with Crippen LogP contribution in [-0.4, -0.2) is 30.3 Å². The summed E-state index contributed by atoms with van der Waals surface area (Å²) in [5.74, 6) is 2.29. The first-order chi connectivity index (χ1) is 12.3. The molecule has 0 atom stereocenters. The van der Waals surface area contributed by atoms with Crippen molar-refractivity contribution in [3.63, 3.8) is 0 Å². The van der Waals surface area contributed by atoms with E-state index in [2.05, 4.69) is 9.97 Å². The van der Waals surface area contributed by atoms with E-state index in [4.69, 9.17) is 14.2 Å². The average Bonchev–Trinajstić information content (AvgIpc) is 3.05. The van der Waals surface area contributed by atoms with Crippen LogP contribution in [0.3, 0.4) is 0 Å². The number of rotatable bonds is 6. The zero-order valence-corrected chi connectivity index (χ0v) is 15.0. The van der Waals surface area contributed by atoms with Crippen LogP contribution < -0.4 is 14.2 Å². The summed E-state index contributed by atoms with van der Waals surface area (Å²) < 4.78 is 16.8. The first-order valence-electron chi connectivity index (χ1n) is 8.50. The van der Waals surface area contributed by atoms with Gasteiger partial charge in [-0.2, -0.15) is 0 Å². The Balaban J connectivity index is 1.41. The fourth-order valence-corrected chi connectivity index (χ4v) is 4.36. The lowest BCUT2D eigenvalue weighted by Crippen LogP contribution is -2.10. The Kier molecular flexibility index (Phi) is 4.70. The first kappa shape index (κ1) is 16.1. The van der Waals surface area contributed by atoms with Crippen LogP contribution in [0.5, 0.6) is 17.4 Å². The van der Waals surface area contributed by atoms with Crippen molar-refractivity contribution in [2.24, 2.45) is 0 Å². The third-order valence-corrected chi connectivity index (χ3v) is 5.57. The van der Waals surface area contributed by atoms with Gasteiger partial charge in [-0.25, -0.2) is 9.97 Å². The Morgan fingerprint density at radius 2 is 1.72 bits per heavy atom. The van der Waals surface area contributed by atoms with E-state index in [-0.39, 0.29) is 0 Å². The van der Waals surface area contributed by atoms with Gasteiger partial charge in [0.15, 0.2) is 0 Å². The van der Waals surface area contributed by atoms with Gasteiger partial charge in [0.2, 0.25) is 5.88 Å². The van der Waals surface area contributed by atoms with E-state index in [9.17, 15) is 0 Å². The number of aromatic nitrogens is 2. The molecule has 0 bridgehead atoms. The molecule has 0 fully saturated rings. The Hall–Kier alpha value is -2.34. The van der Waals surface area contributed by atoms with Crippen molar-refractivity contribution in [3.05, 3.63) is 41.0 Å². The maximum absolute atomic E-state index is 5.92. The van der Waals surface area contributed by atoms with Crippen LogP contribution in [0.4, 0.5) is 0 Å². The lowest BCUT2D eigenvalue weighted by atomic mass is 9.97. The Bertz CT molecular complexity index is 861. The van der Waals surface area contributed by atoms with Gasteiger partial charge in [0.1, 0.15) is 35.9 Å². The number of fused-ring (bicyclic) bond motifs is 3. The van der Waals surface area contributed by atoms with Crippen LogP contribution in [0.1, 0.15) is 23.3 Å². The molecule has 3 aromatic rings. The highest BCUT2D eigenvalue weighted by atomic mass is 32.1. The molecule has 1 aliphatic carbocycles. The molecule has 0 radical (unpaired) electrons. The molecule has 0 saturated heterocycles. The normalized spacial score (nSPS) is 13.5. The fourth-order valence-electron chi connectivity index (χ4n) is 3.14. The minimum atomic E-state index is 0.447. The zero-order chi connectivity index (χ0) is 17.1. The molecule has 0 aliphatic heterocycles. The Labute approximate surface area is 150 Å². The first-order valence-corrected chi connectivity index (χ1v) is 9.31. The minimum absolute atomic E-state index is 0.447. The van der Waals surface area contributed by atoms with Crippen molar-refractivity contribution < 1.29 is 14.2 Å². The Morgan fingerprint density at radius 1 is 0.960 bits per heavy atom. The highest BCUT2D eigenvalue weighted by Crippen LogP contribution is 2.38. The molecule has 2 heterocycles. The topological polar surface area (TPSA) is 53.5 Å². The van der Waals surface area contributed by atoms with E-state index >= 15 is 0 Å². The monoisotopic (exact) mass is 356 g/mol. The lowest BCUT2D eigenvalue weighted by Gasteiger charge is -2.12. The molecule has 6 heteroatoms. The van der Waals surface area contributed by atoms with E-state index in [0.717, 1.165) is 34.6 Å². The molecule has 0 unspecified atom stereocenters. The summed E-state index contributed by atoms with van der Waals surface area (Å²) in [6.07, 6.45) is 6.33. The predicted octanol–water partition coefficient (Wildman–Crippen LogP) is 4.04. The number of benzene rings is 1. The molecule has 1 aliphatic rings. The van der Waals surface area contributed by atoms with Crippen molar-refractivity contribution in [1.29, 1.82) is 0 Å². The summed E-state index contributed by atoms with van der Waals surface area (Å²) in [5.41, 5.74) is 1.39. The Morgan fingerprint density at radius 3 is 2.56 bits per heavy atom. The standard InChI is InChI=1S/C19H20N2O3S/c1-22-13-6-8-14(9-7-13)23-10-11-24-18-17-15-4-2-3-5-16(15)25-19(17)21-12-20-18/h6-9,12H,2-5,10-11H2,1H3. The highest BCUT2D eigenvalue weighted by Gasteiger charge is 2.20. The van der Waals surface area contributed by atoms with Crippen molar-refractivity contribution >= 4 is 21.6 Å². The maximum atomic E-state index is 5.92. The second-order valence-electron chi connectivity index (χ2n) is 5.94. The van der Waals surface area contributed by atoms with E-state index in [1.807, 2.05) is 24.3 Å². The number of methoxy groups -OCH3 is 1. The molecular formula is C19H20N2O3S. The van der Waals surface area contributed by atoms with Crippen LogP contribution in [0.25, 0.3) is 10.2 Å². The summed E-state index contributed by atoms with van der Waals surface area (Å²) in [5, 5.41) is 1.10. The van der Waals surface area contributed by atoms with Crippen molar-refractivity contribution in [2.45, 2.75) is 25.7 Å². The van der Waals surface area contributed by atoms with Crippen LogP contribution in [0.15, 0.2) is 30.6 Å². The summed E-state index contributed by atoms with van der Waals surface area (Å²) in [7, 11) is 1.65. The van der Waals surface area contributed by atoms with Gasteiger partial charge in [0.05, 0.1) is 12.5 Å². The molecular weight excluding hydrogens is 336 g/mol. The average molecular weight is 356 g/mol. The second-order valence-corrected chi connectivity index (χ2v) is 7.03. The molecule has 1 aromatic carbocycles. The SMILES string of the molecule is COc1ccc(OCCOc2ncnc3sc4c(c23)CCCC4)cc1. The largest absolute Gasteiger partial charge is 0.497 e. The van der Waals surface area contributed by atoms with Gasteiger partial charge in [0, 0.05) is 4.88 Å². The van der Waals surface area contributed by atoms with Crippen LogP contribution in [-0.2, 0) is 12.8 Å². The summed E-state index contributed by atoms with van der Waals surface area (Å²) in [6, 6.07) is 7.53. The molecule has 5 nitrogen and oxygen atoms in total. The third-order valence-electron chi connectivity index (χ3n) is 4.37. The number of hydrogen-bond donors (Lipinski definition) is 0. The van der Waals surface area contributed by atoms with E-state index in [0.29, 0.717) is 19.1 Å². The molecule has 130 valence electrons. The zero-order valence-electron chi connectivity index (χ0n) is 14.2. The lowest BCUT2D eigenvalue weighted by molar-refractivity contribution is 0.213. The van der Waals surface area contributed by atoms with Crippen molar-refractivity contribution in [2.75, 3.05) is 20.3 Å². The van der Waals surface area contributed by atoms with Gasteiger partial charge in [-0.15, -0.1) is 11.3 Å². The maximum Gasteiger partial charge on any atom is 0.225 e. The molecule has 0 spiro atoms. The molecule has 25 heavy (non-hydrogen) atoms. The highest BCUT2D eigenvalue weighted by molar-refractivity contribution is 7.18. The van der Waals surface area contributed by atoms with Gasteiger partial charge in [-0.05, 0) is 55.5 Å². The minimum Gasteiger partial charge on any atom is -0.497 e. The number of hydrogen-bond acceptors (Lipinski definition) is 6. The molecule has 0 N–H and O–H groups in total. The van der Waals surface area contributed by atoms with Gasteiger partial charge in [0.25, 0.3) is 0 Å². The van der Waals surface area contributed by atoms with Gasteiger partial charge in [-0.1, -0.05) is 0 Å². The quantitative estimate of drug-likeness (QED) is 0.624. The number of thiophene rings is 1. The number of ether oxygens (including phenoxy) is 3. The number of nitrogens with zero attached hydrogens (tertiary/aromatic N) is 2. The van der Waals surface area contributed by atoms with Gasteiger partial charge >= 0.3 is 0 Å². The fraction of sp³-hybridized carbons (Fsp3) is 0.368. The molecule has 4 rings (SSSR count). The summed E-state index contributed by atoms with van der Waals surface area (Å²) in [6.45, 7) is 0.910. The smallest absolute Gasteiger partial charge is 0.225 e. The molecule has 0 saturated carbocycles. The predicted molar refractivity (Wildman–Crippen MR) is 98.0 cm³/mol. The van der Waals surface area contributed by atoms with Crippen LogP contribution in [0, 0.1) is 0 Å². The van der Waals surface area contributed by atoms with E-state index in [1.54, 1.807) is 24.8 Å². The van der Waals surface area contributed by atoms with Crippen LogP contribution >= 0.6 is 11.3 Å². The van der Waals surface area contributed by atoms with E-state index < -0.39 is 0 Å². The summed E-state index contributed by atoms with van der Waals surface area (Å²) >= 11 is 1.78. The number of aryl methyl sites for hydroxylation is 2. The van der Waals surface area contributed by atoms with E-state index in [1.165, 1.54) is 23.3 Å². The van der Waals surface area contributed by atoms with Crippen molar-refractivity contribution in [3.8, 4) is 17.4 Å². The van der Waals surface area contributed by atoms with Crippen LogP contribution in [0.2, 0.25) is 0 Å². The molecule has 0 amide bonds. The van der Waals surface area contributed by atoms with Gasteiger partial charge in [-0.3, -0.25) is 0 Å².